The Hall–Kier alpha value is -1.14. The molecule has 0 aliphatic heterocycles. The molecule has 2 unspecified atom stereocenters. The topological polar surface area (TPSA) is 68.0 Å². The van der Waals surface area contributed by atoms with Crippen molar-refractivity contribution in [2.45, 2.75) is 18.6 Å². The minimum Gasteiger partial charge on any atom is -0.497 e. The first-order chi connectivity index (χ1) is 9.12. The van der Waals surface area contributed by atoms with Gasteiger partial charge in [0.1, 0.15) is 5.75 Å². The van der Waals surface area contributed by atoms with Crippen LogP contribution in [-0.2, 0) is 11.3 Å². The molecule has 2 atom stereocenters. The van der Waals surface area contributed by atoms with Crippen molar-refractivity contribution in [3.05, 3.63) is 29.8 Å². The third-order valence-electron chi connectivity index (χ3n) is 3.20. The molecule has 108 valence electrons. The zero-order valence-corrected chi connectivity index (χ0v) is 11.9. The number of methoxy groups -OCH3 is 2. The Kier molecular flexibility index (Phi) is 6.80. The van der Waals surface area contributed by atoms with Crippen LogP contribution in [0.2, 0.25) is 0 Å². The summed E-state index contributed by atoms with van der Waals surface area (Å²) in [6, 6.07) is 7.52. The first-order valence-corrected chi connectivity index (χ1v) is 6.31. The van der Waals surface area contributed by atoms with Crippen molar-refractivity contribution in [3.8, 4) is 5.75 Å². The lowest BCUT2D eigenvalue weighted by molar-refractivity contribution is 0.0817. The van der Waals surface area contributed by atoms with Crippen LogP contribution in [0.4, 0.5) is 0 Å². The quantitative estimate of drug-likeness (QED) is 0.717. The van der Waals surface area contributed by atoms with Gasteiger partial charge in [-0.1, -0.05) is 12.1 Å². The van der Waals surface area contributed by atoms with Gasteiger partial charge >= 0.3 is 0 Å². The Labute approximate surface area is 114 Å². The largest absolute Gasteiger partial charge is 0.497 e. The summed E-state index contributed by atoms with van der Waals surface area (Å²) in [5.41, 5.74) is 7.14. The Morgan fingerprint density at radius 3 is 2.37 bits per heavy atom. The van der Waals surface area contributed by atoms with Gasteiger partial charge in [0.2, 0.25) is 0 Å². The van der Waals surface area contributed by atoms with E-state index >= 15 is 0 Å². The van der Waals surface area contributed by atoms with Crippen LogP contribution >= 0.6 is 0 Å². The van der Waals surface area contributed by atoms with Crippen LogP contribution in [0.3, 0.4) is 0 Å². The van der Waals surface area contributed by atoms with Gasteiger partial charge in [-0.15, -0.1) is 0 Å². The third-order valence-corrected chi connectivity index (χ3v) is 3.20. The summed E-state index contributed by atoms with van der Waals surface area (Å²) in [7, 11) is 5.20. The summed E-state index contributed by atoms with van der Waals surface area (Å²) in [5.74, 6) is 0.834. The van der Waals surface area contributed by atoms with E-state index in [2.05, 4.69) is 0 Å². The van der Waals surface area contributed by atoms with Crippen molar-refractivity contribution in [2.75, 3.05) is 34.5 Å². The molecule has 1 aromatic carbocycles. The van der Waals surface area contributed by atoms with Crippen molar-refractivity contribution in [1.82, 2.24) is 4.90 Å². The molecule has 0 saturated carbocycles. The number of likely N-dealkylation sites (N-methyl/N-ethyl adjacent to an activating group) is 1. The van der Waals surface area contributed by atoms with Crippen LogP contribution in [0.25, 0.3) is 0 Å². The molecule has 0 heterocycles. The van der Waals surface area contributed by atoms with Gasteiger partial charge in [0.15, 0.2) is 0 Å². The van der Waals surface area contributed by atoms with Gasteiger partial charge in [0.25, 0.3) is 0 Å². The number of aliphatic hydroxyl groups excluding tert-OH is 1. The highest BCUT2D eigenvalue weighted by Crippen LogP contribution is 2.14. The maximum Gasteiger partial charge on any atom is 0.118 e. The van der Waals surface area contributed by atoms with Crippen molar-refractivity contribution < 1.29 is 14.6 Å². The Morgan fingerprint density at radius 1 is 1.26 bits per heavy atom. The summed E-state index contributed by atoms with van der Waals surface area (Å²) in [5, 5.41) is 9.46. The van der Waals surface area contributed by atoms with E-state index in [0.717, 1.165) is 11.3 Å². The molecule has 1 aromatic rings. The lowest BCUT2D eigenvalue weighted by Crippen LogP contribution is -2.50. The van der Waals surface area contributed by atoms with Crippen LogP contribution in [0.1, 0.15) is 5.56 Å². The Morgan fingerprint density at radius 2 is 1.89 bits per heavy atom. The second kappa shape index (κ2) is 8.12. The van der Waals surface area contributed by atoms with Gasteiger partial charge < -0.3 is 20.3 Å². The molecule has 0 aliphatic carbocycles. The third kappa shape index (κ3) is 4.80. The Balaban J connectivity index is 2.62. The molecule has 0 amide bonds. The zero-order chi connectivity index (χ0) is 14.3. The van der Waals surface area contributed by atoms with Gasteiger partial charge in [-0.3, -0.25) is 4.90 Å². The molecular formula is C14H24N2O3. The fourth-order valence-corrected chi connectivity index (χ4v) is 2.04. The predicted molar refractivity (Wildman–Crippen MR) is 75.2 cm³/mol. The van der Waals surface area contributed by atoms with E-state index in [0.29, 0.717) is 13.2 Å². The predicted octanol–water partition coefficient (Wildman–Crippen LogP) is 0.462. The van der Waals surface area contributed by atoms with E-state index in [1.807, 2.05) is 36.2 Å². The maximum atomic E-state index is 9.46. The van der Waals surface area contributed by atoms with Crippen LogP contribution < -0.4 is 10.5 Å². The van der Waals surface area contributed by atoms with Crippen molar-refractivity contribution >= 4 is 0 Å². The molecule has 19 heavy (non-hydrogen) atoms. The van der Waals surface area contributed by atoms with Crippen LogP contribution in [0.5, 0.6) is 5.75 Å². The van der Waals surface area contributed by atoms with Crippen molar-refractivity contribution in [1.29, 1.82) is 0 Å². The van der Waals surface area contributed by atoms with Gasteiger partial charge in [-0.25, -0.2) is 0 Å². The lowest BCUT2D eigenvalue weighted by Gasteiger charge is -2.31. The fraction of sp³-hybridized carbons (Fsp3) is 0.571. The fourth-order valence-electron chi connectivity index (χ4n) is 2.04. The minimum atomic E-state index is -0.210. The smallest absolute Gasteiger partial charge is 0.118 e. The van der Waals surface area contributed by atoms with Crippen LogP contribution in [0.15, 0.2) is 24.3 Å². The molecule has 0 spiro atoms. The summed E-state index contributed by atoms with van der Waals surface area (Å²) in [4.78, 5) is 2.03. The van der Waals surface area contributed by atoms with Crippen molar-refractivity contribution in [3.63, 3.8) is 0 Å². The molecule has 0 aliphatic rings. The Bertz CT molecular complexity index is 356. The molecule has 5 nitrogen and oxygen atoms in total. The number of aliphatic hydroxyl groups is 1. The number of hydrogen-bond acceptors (Lipinski definition) is 5. The number of rotatable bonds is 8. The van der Waals surface area contributed by atoms with Gasteiger partial charge in [0.05, 0.1) is 26.4 Å². The van der Waals surface area contributed by atoms with Crippen LogP contribution in [0, 0.1) is 0 Å². The molecule has 5 heteroatoms. The number of hydrogen-bond donors (Lipinski definition) is 2. The lowest BCUT2D eigenvalue weighted by atomic mass is 10.1. The number of benzene rings is 1. The maximum absolute atomic E-state index is 9.46. The highest BCUT2D eigenvalue weighted by molar-refractivity contribution is 5.27. The van der Waals surface area contributed by atoms with Gasteiger partial charge in [-0.05, 0) is 24.7 Å². The second-order valence-corrected chi connectivity index (χ2v) is 4.63. The molecular weight excluding hydrogens is 244 g/mol. The normalized spacial score (nSPS) is 14.4. The van der Waals surface area contributed by atoms with Gasteiger partial charge in [-0.2, -0.15) is 0 Å². The van der Waals surface area contributed by atoms with Crippen LogP contribution in [-0.4, -0.2) is 56.6 Å². The van der Waals surface area contributed by atoms with E-state index in [-0.39, 0.29) is 18.7 Å². The molecule has 0 bridgehead atoms. The molecule has 0 aromatic heterocycles. The average Bonchev–Trinajstić information content (AvgIpc) is 2.40. The van der Waals surface area contributed by atoms with Gasteiger partial charge in [0, 0.05) is 19.7 Å². The average molecular weight is 268 g/mol. The molecule has 0 radical (unpaired) electrons. The number of nitrogens with two attached hydrogens (primary N) is 1. The molecule has 0 fully saturated rings. The number of nitrogens with zero attached hydrogens (tertiary/aromatic N) is 1. The first kappa shape index (κ1) is 15.9. The first-order valence-electron chi connectivity index (χ1n) is 6.31. The number of ether oxygens (including phenoxy) is 2. The summed E-state index contributed by atoms with van der Waals surface area (Å²) < 4.78 is 10.2. The molecule has 1 rings (SSSR count). The van der Waals surface area contributed by atoms with E-state index in [1.54, 1.807) is 14.2 Å². The zero-order valence-electron chi connectivity index (χ0n) is 11.9. The van der Waals surface area contributed by atoms with E-state index in [9.17, 15) is 5.11 Å². The second-order valence-electron chi connectivity index (χ2n) is 4.63. The summed E-state index contributed by atoms with van der Waals surface area (Å²) >= 11 is 0. The standard InChI is InChI=1S/C14H24N2O3/c1-16(14(9-17)13(15)10-18-2)8-11-4-6-12(19-3)7-5-11/h4-7,13-14,17H,8-10,15H2,1-3H3. The minimum absolute atomic E-state index is 0.0111. The van der Waals surface area contributed by atoms with Crippen molar-refractivity contribution in [2.24, 2.45) is 5.73 Å². The summed E-state index contributed by atoms with van der Waals surface area (Å²) in [6.07, 6.45) is 0. The van der Waals surface area contributed by atoms with E-state index < -0.39 is 0 Å². The monoisotopic (exact) mass is 268 g/mol. The summed E-state index contributed by atoms with van der Waals surface area (Å²) in [6.45, 7) is 1.15. The highest BCUT2D eigenvalue weighted by Gasteiger charge is 2.21. The highest BCUT2D eigenvalue weighted by atomic mass is 16.5. The van der Waals surface area contributed by atoms with E-state index in [4.69, 9.17) is 15.2 Å². The molecule has 0 saturated heterocycles. The van der Waals surface area contributed by atoms with E-state index in [1.165, 1.54) is 0 Å². The molecule has 3 N–H and O–H groups in total. The SMILES string of the molecule is COCC(N)C(CO)N(C)Cc1ccc(OC)cc1.